The van der Waals surface area contributed by atoms with Crippen LogP contribution in [0.3, 0.4) is 0 Å². The molecular formula is C17H16N4O5. The Morgan fingerprint density at radius 3 is 2.73 bits per heavy atom. The van der Waals surface area contributed by atoms with Gasteiger partial charge in [-0.15, -0.1) is 0 Å². The molecule has 2 heterocycles. The van der Waals surface area contributed by atoms with Crippen molar-refractivity contribution < 1.29 is 18.8 Å². The molecule has 0 aliphatic carbocycles. The summed E-state index contributed by atoms with van der Waals surface area (Å²) >= 11 is 0. The number of fused-ring (bicyclic) bond motifs is 1. The van der Waals surface area contributed by atoms with E-state index in [0.29, 0.717) is 22.2 Å². The van der Waals surface area contributed by atoms with E-state index in [2.05, 4.69) is 20.7 Å². The molecule has 0 saturated carbocycles. The minimum atomic E-state index is -1.04. The van der Waals surface area contributed by atoms with Crippen molar-refractivity contribution >= 4 is 28.5 Å². The fourth-order valence-electron chi connectivity index (χ4n) is 2.38. The van der Waals surface area contributed by atoms with E-state index in [1.807, 2.05) is 0 Å². The van der Waals surface area contributed by atoms with Crippen LogP contribution in [-0.2, 0) is 20.7 Å². The number of aromatic amines is 1. The minimum Gasteiger partial charge on any atom is -0.452 e. The van der Waals surface area contributed by atoms with Gasteiger partial charge in [-0.25, -0.2) is 5.10 Å². The quantitative estimate of drug-likeness (QED) is 0.660. The van der Waals surface area contributed by atoms with Crippen LogP contribution in [0.25, 0.3) is 10.8 Å². The molecule has 0 aliphatic heterocycles. The van der Waals surface area contributed by atoms with E-state index in [4.69, 9.17) is 9.26 Å². The summed E-state index contributed by atoms with van der Waals surface area (Å²) in [7, 11) is 0. The number of benzene rings is 1. The first-order chi connectivity index (χ1) is 12.4. The number of H-pyrrole nitrogens is 1. The smallest absolute Gasteiger partial charge is 0.312 e. The number of carbonyl (C=O) groups excluding carboxylic acids is 2. The van der Waals surface area contributed by atoms with Crippen LogP contribution in [0.15, 0.2) is 39.6 Å². The van der Waals surface area contributed by atoms with Gasteiger partial charge in [0.25, 0.3) is 11.5 Å². The lowest BCUT2D eigenvalue weighted by molar-refractivity contribution is -0.152. The molecule has 26 heavy (non-hydrogen) atoms. The monoisotopic (exact) mass is 356 g/mol. The zero-order valence-corrected chi connectivity index (χ0v) is 14.1. The van der Waals surface area contributed by atoms with Crippen LogP contribution in [-0.4, -0.2) is 33.3 Å². The number of nitrogens with one attached hydrogen (secondary N) is 2. The Kier molecular flexibility index (Phi) is 4.78. The Bertz CT molecular complexity index is 1020. The highest BCUT2D eigenvalue weighted by atomic mass is 16.5. The molecule has 0 spiro atoms. The van der Waals surface area contributed by atoms with Crippen LogP contribution in [0.1, 0.15) is 18.3 Å². The number of nitrogens with zero attached hydrogens (tertiary/aromatic N) is 2. The third kappa shape index (κ3) is 3.77. The third-order valence-electron chi connectivity index (χ3n) is 3.64. The molecule has 9 heteroatoms. The number of rotatable bonds is 5. The molecule has 9 nitrogen and oxygen atoms in total. The lowest BCUT2D eigenvalue weighted by Crippen LogP contribution is -2.30. The maximum atomic E-state index is 12.1. The molecule has 0 saturated heterocycles. The first-order valence-electron chi connectivity index (χ1n) is 7.84. The zero-order chi connectivity index (χ0) is 18.7. The number of aryl methyl sites for hydroxylation is 1. The number of amides is 1. The average Bonchev–Trinajstić information content (AvgIpc) is 3.02. The van der Waals surface area contributed by atoms with Gasteiger partial charge in [0, 0.05) is 11.5 Å². The van der Waals surface area contributed by atoms with Crippen molar-refractivity contribution in [1.82, 2.24) is 15.4 Å². The first-order valence-corrected chi connectivity index (χ1v) is 7.84. The Morgan fingerprint density at radius 2 is 2.04 bits per heavy atom. The van der Waals surface area contributed by atoms with Gasteiger partial charge in [-0.2, -0.15) is 5.10 Å². The van der Waals surface area contributed by atoms with E-state index in [1.54, 1.807) is 37.3 Å². The average molecular weight is 356 g/mol. The number of anilines is 1. The highest BCUT2D eigenvalue weighted by Gasteiger charge is 2.20. The molecule has 3 rings (SSSR count). The molecule has 2 N–H and O–H groups in total. The van der Waals surface area contributed by atoms with E-state index >= 15 is 0 Å². The van der Waals surface area contributed by atoms with Crippen molar-refractivity contribution in [2.45, 2.75) is 26.4 Å². The van der Waals surface area contributed by atoms with Gasteiger partial charge in [-0.1, -0.05) is 23.4 Å². The van der Waals surface area contributed by atoms with Crippen molar-refractivity contribution in [2.24, 2.45) is 0 Å². The van der Waals surface area contributed by atoms with Gasteiger partial charge in [0.2, 0.25) is 5.88 Å². The molecule has 1 atom stereocenters. The van der Waals surface area contributed by atoms with Gasteiger partial charge in [-0.3, -0.25) is 19.7 Å². The summed E-state index contributed by atoms with van der Waals surface area (Å²) in [4.78, 5) is 35.9. The maximum Gasteiger partial charge on any atom is 0.312 e. The number of hydrogen-bond donors (Lipinski definition) is 2. The predicted octanol–water partition coefficient (Wildman–Crippen LogP) is 1.33. The molecule has 1 amide bonds. The molecule has 0 unspecified atom stereocenters. The van der Waals surface area contributed by atoms with Crippen molar-refractivity contribution in [3.63, 3.8) is 0 Å². The number of carbonyl (C=O) groups is 2. The van der Waals surface area contributed by atoms with E-state index in [9.17, 15) is 14.4 Å². The number of hydrogen-bond acceptors (Lipinski definition) is 7. The summed E-state index contributed by atoms with van der Waals surface area (Å²) in [6.45, 7) is 3.15. The standard InChI is InChI=1S/C17H16N4O5/c1-9-7-14(26-21-9)18-16(23)10(2)25-15(22)8-13-11-5-3-4-6-12(11)17(24)20-19-13/h3-7,10H,8H2,1-2H3,(H,18,23)(H,20,24)/t10-/m0/s1. The van der Waals surface area contributed by atoms with Crippen LogP contribution in [0.2, 0.25) is 0 Å². The second-order valence-electron chi connectivity index (χ2n) is 5.68. The van der Waals surface area contributed by atoms with E-state index < -0.39 is 18.0 Å². The predicted molar refractivity (Wildman–Crippen MR) is 91.5 cm³/mol. The van der Waals surface area contributed by atoms with Gasteiger partial charge in [-0.05, 0) is 19.9 Å². The molecule has 0 aliphatic rings. The highest BCUT2D eigenvalue weighted by Crippen LogP contribution is 2.14. The molecule has 134 valence electrons. The third-order valence-corrected chi connectivity index (χ3v) is 3.64. The summed E-state index contributed by atoms with van der Waals surface area (Å²) in [5.41, 5.74) is 0.637. The number of ether oxygens (including phenoxy) is 1. The van der Waals surface area contributed by atoms with Crippen molar-refractivity contribution in [3.05, 3.63) is 52.1 Å². The largest absolute Gasteiger partial charge is 0.452 e. The topological polar surface area (TPSA) is 127 Å². The van der Waals surface area contributed by atoms with E-state index in [-0.39, 0.29) is 17.9 Å². The molecule has 1 aromatic carbocycles. The molecule has 0 bridgehead atoms. The molecule has 0 radical (unpaired) electrons. The Labute approximate surface area is 147 Å². The van der Waals surface area contributed by atoms with Crippen LogP contribution < -0.4 is 10.9 Å². The number of esters is 1. The van der Waals surface area contributed by atoms with Gasteiger partial charge in [0.05, 0.1) is 23.2 Å². The molecule has 2 aromatic heterocycles. The van der Waals surface area contributed by atoms with Crippen molar-refractivity contribution in [3.8, 4) is 0 Å². The molecule has 0 fully saturated rings. The summed E-state index contributed by atoms with van der Waals surface area (Å²) in [6.07, 6.45) is -1.22. The molecule has 3 aromatic rings. The SMILES string of the molecule is Cc1cc(NC(=O)[C@H](C)OC(=O)Cc2n[nH]c(=O)c3ccccc23)on1. The summed E-state index contributed by atoms with van der Waals surface area (Å²) in [5.74, 6) is -1.02. The van der Waals surface area contributed by atoms with Crippen molar-refractivity contribution in [2.75, 3.05) is 5.32 Å². The van der Waals surface area contributed by atoms with Gasteiger partial charge in [0.1, 0.15) is 0 Å². The highest BCUT2D eigenvalue weighted by molar-refractivity contribution is 5.94. The Hall–Kier alpha value is -3.49. The first kappa shape index (κ1) is 17.3. The minimum absolute atomic E-state index is 0.170. The lowest BCUT2D eigenvalue weighted by atomic mass is 10.1. The van der Waals surface area contributed by atoms with Crippen LogP contribution in [0.4, 0.5) is 5.88 Å². The normalized spacial score (nSPS) is 11.9. The van der Waals surface area contributed by atoms with Gasteiger partial charge >= 0.3 is 5.97 Å². The van der Waals surface area contributed by atoms with Gasteiger partial charge in [0.15, 0.2) is 6.10 Å². The van der Waals surface area contributed by atoms with E-state index in [1.165, 1.54) is 6.92 Å². The van der Waals surface area contributed by atoms with E-state index in [0.717, 1.165) is 0 Å². The second kappa shape index (κ2) is 7.18. The fraction of sp³-hybridized carbons (Fsp3) is 0.235. The summed E-state index contributed by atoms with van der Waals surface area (Å²) in [5, 5.41) is 13.3. The van der Waals surface area contributed by atoms with Crippen LogP contribution >= 0.6 is 0 Å². The number of aromatic nitrogens is 3. The Balaban J connectivity index is 1.66. The fourth-order valence-corrected chi connectivity index (χ4v) is 2.38. The van der Waals surface area contributed by atoms with Crippen LogP contribution in [0.5, 0.6) is 0 Å². The van der Waals surface area contributed by atoms with Gasteiger partial charge < -0.3 is 9.26 Å². The second-order valence-corrected chi connectivity index (χ2v) is 5.68. The lowest BCUT2D eigenvalue weighted by Gasteiger charge is -2.12. The molecular weight excluding hydrogens is 340 g/mol. The summed E-state index contributed by atoms with van der Waals surface area (Å²) < 4.78 is 10.0. The zero-order valence-electron chi connectivity index (χ0n) is 14.1. The van der Waals surface area contributed by atoms with Crippen LogP contribution in [0, 0.1) is 6.92 Å². The Morgan fingerprint density at radius 1 is 1.31 bits per heavy atom. The summed E-state index contributed by atoms with van der Waals surface area (Å²) in [6, 6.07) is 8.34. The maximum absolute atomic E-state index is 12.1. The van der Waals surface area contributed by atoms with Crippen molar-refractivity contribution in [1.29, 1.82) is 0 Å².